The van der Waals surface area contributed by atoms with Crippen LogP contribution in [-0.4, -0.2) is 28.7 Å². The molecule has 0 unspecified atom stereocenters. The molecule has 1 aromatic heterocycles. The van der Waals surface area contributed by atoms with Gasteiger partial charge in [-0.05, 0) is 62.9 Å². The van der Waals surface area contributed by atoms with Gasteiger partial charge in [-0.25, -0.2) is 15.6 Å². The van der Waals surface area contributed by atoms with Crippen molar-refractivity contribution in [1.82, 2.24) is 14.6 Å². The Labute approximate surface area is 216 Å². The molecule has 1 aliphatic heterocycles. The normalized spacial score (nSPS) is 13.2. The van der Waals surface area contributed by atoms with Crippen molar-refractivity contribution in [2.24, 2.45) is 21.8 Å². The lowest BCUT2D eigenvalue weighted by atomic mass is 9.97. The Kier molecular flexibility index (Phi) is 7.68. The van der Waals surface area contributed by atoms with Gasteiger partial charge in [0.15, 0.2) is 11.5 Å². The van der Waals surface area contributed by atoms with Gasteiger partial charge in [-0.3, -0.25) is 9.13 Å². The molecule has 2 aromatic carbocycles. The number of aryl methyl sites for hydroxylation is 4. The summed E-state index contributed by atoms with van der Waals surface area (Å²) in [5.41, 5.74) is 9.76. The number of aromatic nitrogens is 2. The summed E-state index contributed by atoms with van der Waals surface area (Å²) in [4.78, 5) is 18.9. The zero-order valence-corrected chi connectivity index (χ0v) is 22.1. The maximum Gasteiger partial charge on any atom is 0.330 e. The SMILES string of the molecule is CCOc1cc2c(cc1OC)-c1c/c(=N\c3c(C)cc(C)cc3C)n(CC/C(=N/N)NN)c(=O)n1CC2. The summed E-state index contributed by atoms with van der Waals surface area (Å²) in [7, 11) is 1.62. The molecule has 0 saturated heterocycles. The molecule has 0 radical (unpaired) electrons. The van der Waals surface area contributed by atoms with E-state index < -0.39 is 0 Å². The van der Waals surface area contributed by atoms with Crippen molar-refractivity contribution in [2.45, 2.75) is 53.6 Å². The van der Waals surface area contributed by atoms with E-state index in [0.29, 0.717) is 55.4 Å². The third-order valence-electron chi connectivity index (χ3n) is 6.62. The van der Waals surface area contributed by atoms with E-state index in [1.54, 1.807) is 16.2 Å². The first-order chi connectivity index (χ1) is 17.8. The first kappa shape index (κ1) is 26.0. The number of methoxy groups -OCH3 is 1. The van der Waals surface area contributed by atoms with E-state index in [9.17, 15) is 4.79 Å². The summed E-state index contributed by atoms with van der Waals surface area (Å²) < 4.78 is 14.8. The average molecular weight is 506 g/mol. The molecule has 0 amide bonds. The lowest BCUT2D eigenvalue weighted by molar-refractivity contribution is 0.310. The minimum Gasteiger partial charge on any atom is -0.493 e. The Hall–Kier alpha value is -4.05. The van der Waals surface area contributed by atoms with Crippen LogP contribution in [0.15, 0.2) is 45.2 Å². The highest BCUT2D eigenvalue weighted by molar-refractivity contribution is 5.81. The van der Waals surface area contributed by atoms with Crippen LogP contribution in [0.4, 0.5) is 5.69 Å². The van der Waals surface area contributed by atoms with Crippen LogP contribution in [0.3, 0.4) is 0 Å². The highest BCUT2D eigenvalue weighted by atomic mass is 16.5. The molecule has 2 heterocycles. The summed E-state index contributed by atoms with van der Waals surface area (Å²) >= 11 is 0. The second-order valence-corrected chi connectivity index (χ2v) is 9.15. The summed E-state index contributed by atoms with van der Waals surface area (Å²) in [5, 5.41) is 3.66. The van der Waals surface area contributed by atoms with Gasteiger partial charge < -0.3 is 20.7 Å². The van der Waals surface area contributed by atoms with Gasteiger partial charge in [0.25, 0.3) is 0 Å². The van der Waals surface area contributed by atoms with Gasteiger partial charge in [-0.15, -0.1) is 0 Å². The lowest BCUT2D eigenvalue weighted by Crippen LogP contribution is -2.43. The number of hydrogen-bond acceptors (Lipinski definition) is 7. The van der Waals surface area contributed by atoms with Gasteiger partial charge in [-0.2, -0.15) is 5.10 Å². The minimum atomic E-state index is -0.162. The number of nitrogens with two attached hydrogens (primary N) is 2. The van der Waals surface area contributed by atoms with E-state index in [1.807, 2.05) is 39.0 Å². The molecule has 196 valence electrons. The van der Waals surface area contributed by atoms with E-state index in [4.69, 9.17) is 26.2 Å². The number of fused-ring (bicyclic) bond motifs is 3. The second-order valence-electron chi connectivity index (χ2n) is 9.15. The fourth-order valence-corrected chi connectivity index (χ4v) is 4.93. The minimum absolute atomic E-state index is 0.162. The van der Waals surface area contributed by atoms with Crippen LogP contribution in [0.1, 0.15) is 35.6 Å². The number of rotatable bonds is 7. The first-order valence-corrected chi connectivity index (χ1v) is 12.4. The quantitative estimate of drug-likeness (QED) is 0.196. The molecule has 5 N–H and O–H groups in total. The zero-order valence-electron chi connectivity index (χ0n) is 22.1. The number of hydrogen-bond donors (Lipinski definition) is 3. The number of hydrazone groups is 1. The fourth-order valence-electron chi connectivity index (χ4n) is 4.93. The van der Waals surface area contributed by atoms with Crippen LogP contribution >= 0.6 is 0 Å². The Morgan fingerprint density at radius 3 is 2.46 bits per heavy atom. The standard InChI is InChI=1S/C27H35N7O3/c1-6-37-23-13-19-7-9-33-21(20(19)14-22(23)36-5)15-25(30-26-17(3)11-16(2)12-18(26)4)34(27(33)35)10-8-24(31-28)32-29/h11-15H,6-10,28-29H2,1-5H3,(H,31,32)/b30-25+. The molecule has 4 rings (SSSR count). The molecular weight excluding hydrogens is 470 g/mol. The van der Waals surface area contributed by atoms with Crippen LogP contribution in [0, 0.1) is 20.8 Å². The number of ether oxygens (including phenoxy) is 2. The van der Waals surface area contributed by atoms with Crippen LogP contribution in [-0.2, 0) is 19.5 Å². The van der Waals surface area contributed by atoms with Gasteiger partial charge in [-0.1, -0.05) is 17.7 Å². The van der Waals surface area contributed by atoms with Crippen molar-refractivity contribution in [3.8, 4) is 22.8 Å². The molecule has 0 spiro atoms. The van der Waals surface area contributed by atoms with Crippen molar-refractivity contribution in [3.05, 3.63) is 68.6 Å². The Morgan fingerprint density at radius 2 is 1.84 bits per heavy atom. The van der Waals surface area contributed by atoms with Crippen LogP contribution in [0.5, 0.6) is 11.5 Å². The number of nitrogens with zero attached hydrogens (tertiary/aromatic N) is 4. The van der Waals surface area contributed by atoms with Crippen molar-refractivity contribution in [2.75, 3.05) is 13.7 Å². The van der Waals surface area contributed by atoms with Crippen LogP contribution < -0.4 is 37.8 Å². The van der Waals surface area contributed by atoms with Crippen LogP contribution in [0.25, 0.3) is 11.3 Å². The first-order valence-electron chi connectivity index (χ1n) is 12.4. The number of benzene rings is 2. The van der Waals surface area contributed by atoms with Crippen molar-refractivity contribution in [1.29, 1.82) is 0 Å². The predicted octanol–water partition coefficient (Wildman–Crippen LogP) is 2.56. The van der Waals surface area contributed by atoms with E-state index in [-0.39, 0.29) is 5.69 Å². The number of nitrogens with one attached hydrogen (secondary N) is 1. The molecule has 0 saturated carbocycles. The average Bonchev–Trinajstić information content (AvgIpc) is 2.87. The van der Waals surface area contributed by atoms with E-state index in [2.05, 4.69) is 29.6 Å². The Bertz CT molecular complexity index is 1460. The summed E-state index contributed by atoms with van der Waals surface area (Å²) in [5.74, 6) is 12.7. The number of hydrazine groups is 1. The van der Waals surface area contributed by atoms with Gasteiger partial charge in [0.05, 0.1) is 25.1 Å². The summed E-state index contributed by atoms with van der Waals surface area (Å²) in [6.07, 6.45) is 1.04. The van der Waals surface area contributed by atoms with E-state index in [0.717, 1.165) is 39.2 Å². The maximum absolute atomic E-state index is 13.9. The van der Waals surface area contributed by atoms with E-state index >= 15 is 0 Å². The number of amidine groups is 1. The van der Waals surface area contributed by atoms with Gasteiger partial charge >= 0.3 is 5.69 Å². The molecule has 0 bridgehead atoms. The summed E-state index contributed by atoms with van der Waals surface area (Å²) in [6.45, 7) is 9.44. The van der Waals surface area contributed by atoms with Crippen molar-refractivity contribution < 1.29 is 9.47 Å². The van der Waals surface area contributed by atoms with Crippen molar-refractivity contribution in [3.63, 3.8) is 0 Å². The lowest BCUT2D eigenvalue weighted by Gasteiger charge is -2.25. The van der Waals surface area contributed by atoms with E-state index in [1.165, 1.54) is 0 Å². The van der Waals surface area contributed by atoms with Crippen molar-refractivity contribution >= 4 is 11.5 Å². The molecule has 0 aliphatic carbocycles. The zero-order chi connectivity index (χ0) is 26.7. The Balaban J connectivity index is 1.98. The van der Waals surface area contributed by atoms with Gasteiger partial charge in [0, 0.05) is 31.1 Å². The third kappa shape index (κ3) is 5.10. The topological polar surface area (TPSA) is 134 Å². The molecule has 0 atom stereocenters. The largest absolute Gasteiger partial charge is 0.493 e. The summed E-state index contributed by atoms with van der Waals surface area (Å²) in [6, 6.07) is 10.1. The second kappa shape index (κ2) is 10.9. The monoisotopic (exact) mass is 505 g/mol. The molecule has 10 heteroatoms. The Morgan fingerprint density at radius 1 is 1.11 bits per heavy atom. The smallest absolute Gasteiger partial charge is 0.330 e. The molecule has 10 nitrogen and oxygen atoms in total. The van der Waals surface area contributed by atoms with Gasteiger partial charge in [0.2, 0.25) is 0 Å². The molecule has 0 fully saturated rings. The maximum atomic E-state index is 13.9. The van der Waals surface area contributed by atoms with Crippen LogP contribution in [0.2, 0.25) is 0 Å². The third-order valence-corrected chi connectivity index (χ3v) is 6.62. The molecular formula is C27H35N7O3. The predicted molar refractivity (Wildman–Crippen MR) is 145 cm³/mol. The molecule has 1 aliphatic rings. The highest BCUT2D eigenvalue weighted by Crippen LogP contribution is 2.37. The molecule has 3 aromatic rings. The van der Waals surface area contributed by atoms with Gasteiger partial charge in [0.1, 0.15) is 11.3 Å². The molecule has 37 heavy (non-hydrogen) atoms. The fraction of sp³-hybridized carbons (Fsp3) is 0.370. The highest BCUT2D eigenvalue weighted by Gasteiger charge is 2.22.